The van der Waals surface area contributed by atoms with Crippen LogP contribution in [0.25, 0.3) is 0 Å². The van der Waals surface area contributed by atoms with Gasteiger partial charge in [0.15, 0.2) is 0 Å². The molecule has 0 aliphatic heterocycles. The molecule has 6 atom stereocenters. The zero-order chi connectivity index (χ0) is 21.0. The summed E-state index contributed by atoms with van der Waals surface area (Å²) in [4.78, 5) is 12.7. The van der Waals surface area contributed by atoms with Crippen LogP contribution in [0, 0.1) is 35.5 Å². The average Bonchev–Trinajstić information content (AvgIpc) is 2.60. The van der Waals surface area contributed by atoms with E-state index in [-0.39, 0.29) is 17.8 Å². The number of carbonyl (C=O) groups excluding carboxylic acids is 1. The Morgan fingerprint density at radius 3 is 1.68 bits per heavy atom. The highest BCUT2D eigenvalue weighted by molar-refractivity contribution is 5.88. The quantitative estimate of drug-likeness (QED) is 0.359. The first-order valence-corrected chi connectivity index (χ1v) is 11.4. The predicted molar refractivity (Wildman–Crippen MR) is 110 cm³/mol. The molecule has 4 nitrogen and oxygen atoms in total. The monoisotopic (exact) mass is 393 g/mol. The van der Waals surface area contributed by atoms with Crippen LogP contribution in [0.5, 0.6) is 0 Å². The zero-order valence-electron chi connectivity index (χ0n) is 19.0. The normalized spacial score (nSPS) is 34.9. The first-order chi connectivity index (χ1) is 13.1. The SMILES string of the molecule is C/C(C(=O)O[C@@H]1C[C@H](C)CC[C@H]1C(C)C)=C(/[O-])O[C@@H]1C[C@H](C)CC[C@H]1C(C)C. The summed E-state index contributed by atoms with van der Waals surface area (Å²) in [5, 5.41) is 12.7. The number of hydrogen-bond donors (Lipinski definition) is 0. The van der Waals surface area contributed by atoms with Crippen LogP contribution in [-0.4, -0.2) is 18.2 Å². The maximum absolute atomic E-state index is 12.7. The van der Waals surface area contributed by atoms with Gasteiger partial charge in [0.1, 0.15) is 6.10 Å². The number of ether oxygens (including phenoxy) is 2. The summed E-state index contributed by atoms with van der Waals surface area (Å²) in [6, 6.07) is 0. The van der Waals surface area contributed by atoms with Gasteiger partial charge in [-0.2, -0.15) is 0 Å². The van der Waals surface area contributed by atoms with Crippen LogP contribution in [-0.2, 0) is 14.3 Å². The Labute approximate surface area is 172 Å². The van der Waals surface area contributed by atoms with E-state index >= 15 is 0 Å². The molecule has 2 saturated carbocycles. The molecular weight excluding hydrogens is 352 g/mol. The predicted octanol–water partition coefficient (Wildman–Crippen LogP) is 5.06. The number of rotatable bonds is 6. The maximum atomic E-state index is 12.7. The van der Waals surface area contributed by atoms with Gasteiger partial charge in [-0.05, 0) is 68.1 Å². The summed E-state index contributed by atoms with van der Waals surface area (Å²) in [6.07, 6.45) is 6.08. The fourth-order valence-electron chi connectivity index (χ4n) is 5.04. The Balaban J connectivity index is 2.05. The van der Waals surface area contributed by atoms with Gasteiger partial charge in [0.25, 0.3) is 0 Å². The highest BCUT2D eigenvalue weighted by atomic mass is 16.6. The van der Waals surface area contributed by atoms with Crippen molar-refractivity contribution in [1.82, 2.24) is 0 Å². The molecule has 2 fully saturated rings. The molecule has 0 radical (unpaired) electrons. The highest BCUT2D eigenvalue weighted by Gasteiger charge is 2.34. The summed E-state index contributed by atoms with van der Waals surface area (Å²) < 4.78 is 11.7. The molecule has 0 saturated heterocycles. The molecule has 0 aromatic heterocycles. The Bertz CT molecular complexity index is 551. The van der Waals surface area contributed by atoms with E-state index in [1.165, 1.54) is 12.8 Å². The van der Waals surface area contributed by atoms with Crippen molar-refractivity contribution in [2.75, 3.05) is 0 Å². The third-order valence-corrected chi connectivity index (χ3v) is 7.05. The molecule has 2 aliphatic carbocycles. The van der Waals surface area contributed by atoms with E-state index in [4.69, 9.17) is 9.47 Å². The number of carbonyl (C=O) groups is 1. The van der Waals surface area contributed by atoms with Crippen molar-refractivity contribution in [2.45, 2.75) is 99.2 Å². The van der Waals surface area contributed by atoms with Crippen LogP contribution in [0.1, 0.15) is 87.0 Å². The smallest absolute Gasteiger partial charge is 0.335 e. The van der Waals surface area contributed by atoms with Crippen molar-refractivity contribution >= 4 is 5.97 Å². The van der Waals surface area contributed by atoms with Crippen LogP contribution in [0.3, 0.4) is 0 Å². The second-order valence-corrected chi connectivity index (χ2v) is 10.2. The Kier molecular flexibility index (Phi) is 8.27. The zero-order valence-corrected chi connectivity index (χ0v) is 19.0. The Hall–Kier alpha value is -1.19. The van der Waals surface area contributed by atoms with E-state index in [1.807, 2.05) is 0 Å². The van der Waals surface area contributed by atoms with Gasteiger partial charge in [0.2, 0.25) is 0 Å². The molecule has 162 valence electrons. The van der Waals surface area contributed by atoms with Gasteiger partial charge in [-0.1, -0.05) is 54.4 Å². The molecule has 2 rings (SSSR count). The molecule has 28 heavy (non-hydrogen) atoms. The molecule has 0 amide bonds. The molecule has 0 heterocycles. The van der Waals surface area contributed by atoms with Crippen molar-refractivity contribution in [1.29, 1.82) is 0 Å². The van der Waals surface area contributed by atoms with Crippen molar-refractivity contribution in [3.05, 3.63) is 11.5 Å². The lowest BCUT2D eigenvalue weighted by Crippen LogP contribution is -2.37. The Morgan fingerprint density at radius 1 is 0.821 bits per heavy atom. The van der Waals surface area contributed by atoms with E-state index < -0.39 is 11.9 Å². The third-order valence-electron chi connectivity index (χ3n) is 7.05. The third kappa shape index (κ3) is 5.90. The Morgan fingerprint density at radius 2 is 1.25 bits per heavy atom. The standard InChI is InChI=1S/C24H42O4/c1-14(2)19-10-8-16(5)12-21(19)27-23(25)18(7)24(26)28-22-13-17(6)9-11-20(22)15(3)4/h14-17,19-22,25H,8-13H2,1-7H3/p-1/b23-18+/t16-,17-,19+,20+,21-,22-/m1/s1. The summed E-state index contributed by atoms with van der Waals surface area (Å²) in [5.41, 5.74) is 0.0847. The summed E-state index contributed by atoms with van der Waals surface area (Å²) in [6.45, 7) is 14.7. The lowest BCUT2D eigenvalue weighted by atomic mass is 9.75. The van der Waals surface area contributed by atoms with Crippen LogP contribution in [0.15, 0.2) is 11.5 Å². The van der Waals surface area contributed by atoms with Gasteiger partial charge in [0, 0.05) is 6.10 Å². The number of esters is 1. The van der Waals surface area contributed by atoms with E-state index in [9.17, 15) is 9.90 Å². The van der Waals surface area contributed by atoms with Crippen molar-refractivity contribution in [3.8, 4) is 0 Å². The molecule has 0 bridgehead atoms. The van der Waals surface area contributed by atoms with E-state index in [0.29, 0.717) is 35.5 Å². The fraction of sp³-hybridized carbons (Fsp3) is 0.875. The molecule has 0 aromatic carbocycles. The minimum Gasteiger partial charge on any atom is -0.609 e. The van der Waals surface area contributed by atoms with Gasteiger partial charge in [-0.3, -0.25) is 0 Å². The van der Waals surface area contributed by atoms with Crippen LogP contribution < -0.4 is 5.11 Å². The second kappa shape index (κ2) is 10.0. The average molecular weight is 394 g/mol. The molecule has 0 unspecified atom stereocenters. The van der Waals surface area contributed by atoms with Crippen LogP contribution in [0.4, 0.5) is 0 Å². The molecule has 0 aromatic rings. The summed E-state index contributed by atoms with van der Waals surface area (Å²) in [5.74, 6) is 1.77. The van der Waals surface area contributed by atoms with Gasteiger partial charge in [-0.15, -0.1) is 0 Å². The maximum Gasteiger partial charge on any atom is 0.335 e. The molecule has 0 spiro atoms. The summed E-state index contributed by atoms with van der Waals surface area (Å²) in [7, 11) is 0. The first-order valence-electron chi connectivity index (χ1n) is 11.4. The lowest BCUT2D eigenvalue weighted by Gasteiger charge is -2.42. The van der Waals surface area contributed by atoms with Crippen LogP contribution in [0.2, 0.25) is 0 Å². The minimum absolute atomic E-state index is 0.0847. The summed E-state index contributed by atoms with van der Waals surface area (Å²) >= 11 is 0. The van der Waals surface area contributed by atoms with E-state index in [1.54, 1.807) is 6.92 Å². The van der Waals surface area contributed by atoms with Crippen LogP contribution >= 0.6 is 0 Å². The minimum atomic E-state index is -0.500. The van der Waals surface area contributed by atoms with Crippen molar-refractivity contribution in [3.63, 3.8) is 0 Å². The highest BCUT2D eigenvalue weighted by Crippen LogP contribution is 2.37. The largest absolute Gasteiger partial charge is 0.609 e. The van der Waals surface area contributed by atoms with Gasteiger partial charge in [0.05, 0.1) is 11.5 Å². The van der Waals surface area contributed by atoms with Gasteiger partial charge >= 0.3 is 5.97 Å². The van der Waals surface area contributed by atoms with Gasteiger partial charge in [-0.25, -0.2) is 4.79 Å². The van der Waals surface area contributed by atoms with Gasteiger partial charge < -0.3 is 14.6 Å². The van der Waals surface area contributed by atoms with E-state index in [0.717, 1.165) is 25.7 Å². The topological polar surface area (TPSA) is 58.6 Å². The number of hydrogen-bond acceptors (Lipinski definition) is 4. The molecule has 4 heteroatoms. The molecule has 0 N–H and O–H groups in total. The van der Waals surface area contributed by atoms with Crippen molar-refractivity contribution < 1.29 is 19.4 Å². The first kappa shape index (κ1) is 23.1. The lowest BCUT2D eigenvalue weighted by molar-refractivity contribution is -0.368. The van der Waals surface area contributed by atoms with Crippen molar-refractivity contribution in [2.24, 2.45) is 35.5 Å². The molecular formula is C24H41O4-. The fourth-order valence-corrected chi connectivity index (χ4v) is 5.04. The van der Waals surface area contributed by atoms with E-state index in [2.05, 4.69) is 41.5 Å². The second-order valence-electron chi connectivity index (χ2n) is 10.2. The molecule has 2 aliphatic rings.